The zero-order chi connectivity index (χ0) is 10.6. The number of sulfonamides is 1. The highest BCUT2D eigenvalue weighted by Gasteiger charge is 2.29. The summed E-state index contributed by atoms with van der Waals surface area (Å²) in [6, 6.07) is 0.313. The van der Waals surface area contributed by atoms with Gasteiger partial charge in [0.1, 0.15) is 0 Å². The number of rotatable bonds is 5. The number of allylic oxidation sites excluding steroid dienone is 1. The van der Waals surface area contributed by atoms with Crippen LogP contribution in [-0.4, -0.2) is 44.7 Å². The van der Waals surface area contributed by atoms with E-state index in [0.29, 0.717) is 25.6 Å². The van der Waals surface area contributed by atoms with Crippen LogP contribution >= 0.6 is 12.4 Å². The molecule has 0 saturated carbocycles. The Morgan fingerprint density at radius 1 is 1.60 bits per heavy atom. The maximum atomic E-state index is 11.7. The van der Waals surface area contributed by atoms with Crippen molar-refractivity contribution in [1.29, 1.82) is 0 Å². The van der Waals surface area contributed by atoms with Crippen LogP contribution in [0.25, 0.3) is 0 Å². The molecule has 90 valence electrons. The number of nitrogens with one attached hydrogen (secondary N) is 1. The molecule has 0 aromatic carbocycles. The van der Waals surface area contributed by atoms with Crippen LogP contribution in [0.4, 0.5) is 0 Å². The van der Waals surface area contributed by atoms with Crippen LogP contribution in [0, 0.1) is 0 Å². The Bertz CT molecular complexity index is 292. The summed E-state index contributed by atoms with van der Waals surface area (Å²) in [5.41, 5.74) is 0. The van der Waals surface area contributed by atoms with Gasteiger partial charge in [-0.05, 0) is 19.9 Å². The van der Waals surface area contributed by atoms with Crippen molar-refractivity contribution in [1.82, 2.24) is 9.62 Å². The minimum Gasteiger partial charge on any atom is -0.316 e. The van der Waals surface area contributed by atoms with Crippen LogP contribution in [0.5, 0.6) is 0 Å². The van der Waals surface area contributed by atoms with Gasteiger partial charge in [0.15, 0.2) is 0 Å². The summed E-state index contributed by atoms with van der Waals surface area (Å²) in [5, 5.41) is 3.10. The molecule has 4 nitrogen and oxygen atoms in total. The molecule has 0 spiro atoms. The SMILES string of the molecule is C=CCCS(=O)(=O)N1CCC(NC)C1.Cl. The Morgan fingerprint density at radius 2 is 2.27 bits per heavy atom. The van der Waals surface area contributed by atoms with E-state index in [1.807, 2.05) is 7.05 Å². The van der Waals surface area contributed by atoms with Gasteiger partial charge in [-0.3, -0.25) is 0 Å². The van der Waals surface area contributed by atoms with Gasteiger partial charge in [0, 0.05) is 19.1 Å². The van der Waals surface area contributed by atoms with Crippen molar-refractivity contribution in [3.8, 4) is 0 Å². The highest BCUT2D eigenvalue weighted by Crippen LogP contribution is 2.14. The van der Waals surface area contributed by atoms with Crippen LogP contribution in [0.3, 0.4) is 0 Å². The molecule has 0 bridgehead atoms. The van der Waals surface area contributed by atoms with Gasteiger partial charge in [-0.2, -0.15) is 0 Å². The Morgan fingerprint density at radius 3 is 2.73 bits per heavy atom. The van der Waals surface area contributed by atoms with Gasteiger partial charge in [-0.25, -0.2) is 12.7 Å². The van der Waals surface area contributed by atoms with Crippen molar-refractivity contribution in [3.05, 3.63) is 12.7 Å². The molecule has 0 radical (unpaired) electrons. The fourth-order valence-electron chi connectivity index (χ4n) is 1.58. The van der Waals surface area contributed by atoms with Gasteiger partial charge in [0.2, 0.25) is 10.0 Å². The molecule has 6 heteroatoms. The van der Waals surface area contributed by atoms with Crippen molar-refractivity contribution >= 4 is 22.4 Å². The number of likely N-dealkylation sites (N-methyl/N-ethyl adjacent to an activating group) is 1. The summed E-state index contributed by atoms with van der Waals surface area (Å²) >= 11 is 0. The topological polar surface area (TPSA) is 49.4 Å². The highest BCUT2D eigenvalue weighted by atomic mass is 35.5. The van der Waals surface area contributed by atoms with E-state index in [4.69, 9.17) is 0 Å². The molecule has 1 aliphatic rings. The van der Waals surface area contributed by atoms with E-state index < -0.39 is 10.0 Å². The first-order chi connectivity index (χ1) is 6.60. The monoisotopic (exact) mass is 254 g/mol. The van der Waals surface area contributed by atoms with E-state index in [-0.39, 0.29) is 18.2 Å². The maximum Gasteiger partial charge on any atom is 0.214 e. The molecular formula is C9H19ClN2O2S. The van der Waals surface area contributed by atoms with Crippen molar-refractivity contribution in [2.45, 2.75) is 18.9 Å². The molecule has 0 aromatic heterocycles. The summed E-state index contributed by atoms with van der Waals surface area (Å²) in [4.78, 5) is 0. The molecule has 1 saturated heterocycles. The third-order valence-corrected chi connectivity index (χ3v) is 4.40. The summed E-state index contributed by atoms with van der Waals surface area (Å²) < 4.78 is 25.0. The molecule has 0 aromatic rings. The van der Waals surface area contributed by atoms with Crippen LogP contribution < -0.4 is 5.32 Å². The predicted molar refractivity (Wildman–Crippen MR) is 64.9 cm³/mol. The van der Waals surface area contributed by atoms with Gasteiger partial charge >= 0.3 is 0 Å². The van der Waals surface area contributed by atoms with Crippen molar-refractivity contribution < 1.29 is 8.42 Å². The first-order valence-electron chi connectivity index (χ1n) is 4.86. The van der Waals surface area contributed by atoms with E-state index >= 15 is 0 Å². The molecule has 0 aliphatic carbocycles. The van der Waals surface area contributed by atoms with Crippen LogP contribution in [0.2, 0.25) is 0 Å². The van der Waals surface area contributed by atoms with Gasteiger partial charge in [-0.1, -0.05) is 6.08 Å². The molecule has 1 atom stereocenters. The minimum atomic E-state index is -3.04. The zero-order valence-corrected chi connectivity index (χ0v) is 10.6. The lowest BCUT2D eigenvalue weighted by molar-refractivity contribution is 0.464. The van der Waals surface area contributed by atoms with Crippen molar-refractivity contribution in [3.63, 3.8) is 0 Å². The lowest BCUT2D eigenvalue weighted by atomic mass is 10.3. The van der Waals surface area contributed by atoms with E-state index in [9.17, 15) is 8.42 Å². The minimum absolute atomic E-state index is 0. The second kappa shape index (κ2) is 6.48. The first kappa shape index (κ1) is 14.9. The number of nitrogens with zero attached hydrogens (tertiary/aromatic N) is 1. The second-order valence-corrected chi connectivity index (χ2v) is 5.61. The summed E-state index contributed by atoms with van der Waals surface area (Å²) in [6.45, 7) is 4.78. The summed E-state index contributed by atoms with van der Waals surface area (Å²) in [5.74, 6) is 0.187. The van der Waals surface area contributed by atoms with Crippen LogP contribution in [0.15, 0.2) is 12.7 Å². The zero-order valence-electron chi connectivity index (χ0n) is 8.98. The van der Waals surface area contributed by atoms with Gasteiger partial charge in [0.25, 0.3) is 0 Å². The van der Waals surface area contributed by atoms with Gasteiger partial charge in [0.05, 0.1) is 5.75 Å². The second-order valence-electron chi connectivity index (χ2n) is 3.53. The molecule has 1 rings (SSSR count). The summed E-state index contributed by atoms with van der Waals surface area (Å²) in [7, 11) is -1.18. The largest absolute Gasteiger partial charge is 0.316 e. The van der Waals surface area contributed by atoms with E-state index in [2.05, 4.69) is 11.9 Å². The first-order valence-corrected chi connectivity index (χ1v) is 6.47. The number of hydrogen-bond donors (Lipinski definition) is 1. The fourth-order valence-corrected chi connectivity index (χ4v) is 3.09. The van der Waals surface area contributed by atoms with Gasteiger partial charge in [-0.15, -0.1) is 19.0 Å². The Labute approximate surface area is 98.2 Å². The third-order valence-electron chi connectivity index (χ3n) is 2.53. The van der Waals surface area contributed by atoms with E-state index in [1.165, 1.54) is 0 Å². The summed E-state index contributed by atoms with van der Waals surface area (Å²) in [6.07, 6.45) is 3.08. The standard InChI is InChI=1S/C9H18N2O2S.ClH/c1-3-4-7-14(12,13)11-6-5-9(8-11)10-2;/h3,9-10H,1,4-8H2,2H3;1H. The van der Waals surface area contributed by atoms with E-state index in [0.717, 1.165) is 6.42 Å². The molecule has 15 heavy (non-hydrogen) atoms. The molecule has 1 heterocycles. The van der Waals surface area contributed by atoms with Crippen molar-refractivity contribution in [2.24, 2.45) is 0 Å². The quantitative estimate of drug-likeness (QED) is 0.732. The predicted octanol–water partition coefficient (Wildman–Crippen LogP) is 0.608. The highest BCUT2D eigenvalue weighted by molar-refractivity contribution is 7.89. The lowest BCUT2D eigenvalue weighted by Gasteiger charge is -2.15. The van der Waals surface area contributed by atoms with Crippen molar-refractivity contribution in [2.75, 3.05) is 25.9 Å². The van der Waals surface area contributed by atoms with E-state index in [1.54, 1.807) is 10.4 Å². The normalized spacial score (nSPS) is 22.3. The maximum absolute atomic E-state index is 11.7. The average molecular weight is 255 g/mol. The molecule has 1 aliphatic heterocycles. The number of halogens is 1. The number of hydrogen-bond acceptors (Lipinski definition) is 3. The van der Waals surface area contributed by atoms with Gasteiger partial charge < -0.3 is 5.32 Å². The smallest absolute Gasteiger partial charge is 0.214 e. The molecule has 1 N–H and O–H groups in total. The fraction of sp³-hybridized carbons (Fsp3) is 0.778. The van der Waals surface area contributed by atoms with Crippen LogP contribution in [-0.2, 0) is 10.0 Å². The lowest BCUT2D eigenvalue weighted by Crippen LogP contribution is -2.34. The Kier molecular flexibility index (Phi) is 6.43. The van der Waals surface area contributed by atoms with Crippen LogP contribution in [0.1, 0.15) is 12.8 Å². The average Bonchev–Trinajstić information content (AvgIpc) is 2.63. The molecule has 1 unspecified atom stereocenters. The molecule has 1 fully saturated rings. The Balaban J connectivity index is 0.00000196. The third kappa shape index (κ3) is 4.10. The molecular weight excluding hydrogens is 236 g/mol. The molecule has 0 amide bonds. The Hall–Kier alpha value is -0.100.